The van der Waals surface area contributed by atoms with E-state index in [1.54, 1.807) is 23.9 Å². The highest BCUT2D eigenvalue weighted by molar-refractivity contribution is 7.98. The predicted octanol–water partition coefficient (Wildman–Crippen LogP) is 4.30. The third kappa shape index (κ3) is 4.28. The van der Waals surface area contributed by atoms with Gasteiger partial charge in [-0.3, -0.25) is 0 Å². The molecule has 6 heteroatoms. The number of rotatable bonds is 7. The van der Waals surface area contributed by atoms with E-state index < -0.39 is 0 Å². The summed E-state index contributed by atoms with van der Waals surface area (Å²) in [5.41, 5.74) is 0.685. The lowest BCUT2D eigenvalue weighted by Crippen LogP contribution is -2.01. The van der Waals surface area contributed by atoms with E-state index in [0.29, 0.717) is 29.6 Å². The zero-order chi connectivity index (χ0) is 15.2. The van der Waals surface area contributed by atoms with E-state index in [-0.39, 0.29) is 17.2 Å². The minimum Gasteiger partial charge on any atom is -0.371 e. The second kappa shape index (κ2) is 7.56. The molecule has 0 saturated carbocycles. The Morgan fingerprint density at radius 3 is 2.81 bits per heavy atom. The molecular weight excluding hydrogens is 291 g/mol. The molecule has 0 N–H and O–H groups in total. The Bertz CT molecular complexity index is 576. The van der Waals surface area contributed by atoms with Gasteiger partial charge in [0.15, 0.2) is 5.82 Å². The fourth-order valence-electron chi connectivity index (χ4n) is 1.91. The molecule has 4 nitrogen and oxygen atoms in total. The van der Waals surface area contributed by atoms with Gasteiger partial charge in [0.25, 0.3) is 0 Å². The summed E-state index contributed by atoms with van der Waals surface area (Å²) in [7, 11) is 0. The fourth-order valence-corrected chi connectivity index (χ4v) is 2.79. The number of benzene rings is 1. The molecule has 114 valence electrons. The number of hydrogen-bond acceptors (Lipinski definition) is 5. The standard InChI is InChI=1S/C15H19FN2O2S/c1-4-19-10(2)15-17-14(20-18-15)9-21-11(3)12-7-5-6-8-13(12)16/h5-8,10-11H,4,9H2,1-3H3. The van der Waals surface area contributed by atoms with Crippen molar-refractivity contribution in [3.8, 4) is 0 Å². The second-order valence-electron chi connectivity index (χ2n) is 4.62. The van der Waals surface area contributed by atoms with Crippen molar-refractivity contribution >= 4 is 11.8 Å². The van der Waals surface area contributed by atoms with Crippen LogP contribution in [0.25, 0.3) is 0 Å². The lowest BCUT2D eigenvalue weighted by Gasteiger charge is -2.10. The first kappa shape index (κ1) is 16.0. The van der Waals surface area contributed by atoms with Crippen LogP contribution >= 0.6 is 11.8 Å². The Hall–Kier alpha value is -1.40. The molecule has 2 unspecified atom stereocenters. The van der Waals surface area contributed by atoms with E-state index in [4.69, 9.17) is 9.26 Å². The molecule has 1 aromatic carbocycles. The van der Waals surface area contributed by atoms with Gasteiger partial charge in [0.2, 0.25) is 5.89 Å². The molecule has 0 aliphatic carbocycles. The van der Waals surface area contributed by atoms with Crippen LogP contribution in [0.15, 0.2) is 28.8 Å². The van der Waals surface area contributed by atoms with Gasteiger partial charge in [0.05, 0.1) is 5.75 Å². The van der Waals surface area contributed by atoms with Crippen LogP contribution in [-0.4, -0.2) is 16.7 Å². The van der Waals surface area contributed by atoms with Gasteiger partial charge in [-0.2, -0.15) is 4.98 Å². The first-order chi connectivity index (χ1) is 10.1. The molecule has 0 aliphatic heterocycles. The SMILES string of the molecule is CCOC(C)c1noc(CSC(C)c2ccccc2F)n1. The lowest BCUT2D eigenvalue weighted by molar-refractivity contribution is 0.0683. The van der Waals surface area contributed by atoms with Crippen molar-refractivity contribution < 1.29 is 13.7 Å². The quantitative estimate of drug-likeness (QED) is 0.763. The average Bonchev–Trinajstić information content (AvgIpc) is 2.94. The summed E-state index contributed by atoms with van der Waals surface area (Å²) in [6.45, 7) is 6.37. The molecule has 21 heavy (non-hydrogen) atoms. The van der Waals surface area contributed by atoms with E-state index in [1.807, 2.05) is 26.8 Å². The number of halogens is 1. The van der Waals surface area contributed by atoms with Gasteiger partial charge in [-0.1, -0.05) is 23.4 Å². The molecule has 2 atom stereocenters. The maximum atomic E-state index is 13.7. The molecule has 0 saturated heterocycles. The minimum absolute atomic E-state index is 0.0193. The normalized spacial score (nSPS) is 14.1. The zero-order valence-electron chi connectivity index (χ0n) is 12.4. The number of thioether (sulfide) groups is 1. The second-order valence-corrected chi connectivity index (χ2v) is 5.95. The van der Waals surface area contributed by atoms with Gasteiger partial charge in [0.1, 0.15) is 11.9 Å². The van der Waals surface area contributed by atoms with Crippen molar-refractivity contribution in [3.05, 3.63) is 47.4 Å². The van der Waals surface area contributed by atoms with E-state index in [9.17, 15) is 4.39 Å². The molecule has 0 aliphatic rings. The topological polar surface area (TPSA) is 48.2 Å². The Kier molecular flexibility index (Phi) is 5.76. The van der Waals surface area contributed by atoms with Crippen LogP contribution in [0.1, 0.15) is 49.4 Å². The average molecular weight is 310 g/mol. The number of hydrogen-bond donors (Lipinski definition) is 0. The van der Waals surface area contributed by atoms with Crippen LogP contribution in [0.3, 0.4) is 0 Å². The summed E-state index contributed by atoms with van der Waals surface area (Å²) in [5.74, 6) is 1.44. The van der Waals surface area contributed by atoms with Crippen LogP contribution in [0, 0.1) is 5.82 Å². The predicted molar refractivity (Wildman–Crippen MR) is 80.4 cm³/mol. The lowest BCUT2D eigenvalue weighted by atomic mass is 10.1. The molecule has 1 aromatic heterocycles. The monoisotopic (exact) mass is 310 g/mol. The van der Waals surface area contributed by atoms with Crippen LogP contribution in [-0.2, 0) is 10.5 Å². The van der Waals surface area contributed by atoms with Crippen molar-refractivity contribution in [2.75, 3.05) is 6.61 Å². The Labute approximate surface area is 128 Å². The van der Waals surface area contributed by atoms with E-state index in [2.05, 4.69) is 10.1 Å². The maximum absolute atomic E-state index is 13.7. The van der Waals surface area contributed by atoms with Gasteiger partial charge in [-0.25, -0.2) is 4.39 Å². The van der Waals surface area contributed by atoms with Crippen molar-refractivity contribution in [1.82, 2.24) is 10.1 Å². The first-order valence-corrected chi connectivity index (χ1v) is 7.96. The highest BCUT2D eigenvalue weighted by atomic mass is 32.2. The van der Waals surface area contributed by atoms with Gasteiger partial charge in [-0.15, -0.1) is 11.8 Å². The smallest absolute Gasteiger partial charge is 0.236 e. The summed E-state index contributed by atoms with van der Waals surface area (Å²) in [6.07, 6.45) is -0.179. The molecule has 2 rings (SSSR count). The van der Waals surface area contributed by atoms with Crippen molar-refractivity contribution in [1.29, 1.82) is 0 Å². The zero-order valence-corrected chi connectivity index (χ0v) is 13.2. The third-order valence-electron chi connectivity index (χ3n) is 3.06. The van der Waals surface area contributed by atoms with Gasteiger partial charge < -0.3 is 9.26 Å². The number of ether oxygens (including phenoxy) is 1. The molecule has 2 aromatic rings. The summed E-state index contributed by atoms with van der Waals surface area (Å²) in [5, 5.41) is 3.92. The van der Waals surface area contributed by atoms with Crippen molar-refractivity contribution in [3.63, 3.8) is 0 Å². The van der Waals surface area contributed by atoms with Crippen LogP contribution < -0.4 is 0 Å². The molecular formula is C15H19FN2O2S. The highest BCUT2D eigenvalue weighted by Crippen LogP contribution is 2.32. The van der Waals surface area contributed by atoms with Gasteiger partial charge in [0, 0.05) is 17.4 Å². The summed E-state index contributed by atoms with van der Waals surface area (Å²) < 4.78 is 24.3. The Balaban J connectivity index is 1.93. The van der Waals surface area contributed by atoms with E-state index in [0.717, 1.165) is 0 Å². The van der Waals surface area contributed by atoms with Crippen molar-refractivity contribution in [2.45, 2.75) is 37.9 Å². The largest absolute Gasteiger partial charge is 0.371 e. The molecule has 0 spiro atoms. The number of aromatic nitrogens is 2. The summed E-state index contributed by atoms with van der Waals surface area (Å²) in [4.78, 5) is 4.30. The third-order valence-corrected chi connectivity index (χ3v) is 4.23. The Morgan fingerprint density at radius 1 is 1.33 bits per heavy atom. The van der Waals surface area contributed by atoms with Gasteiger partial charge in [-0.05, 0) is 26.8 Å². The summed E-state index contributed by atoms with van der Waals surface area (Å²) >= 11 is 1.56. The van der Waals surface area contributed by atoms with Crippen LogP contribution in [0.5, 0.6) is 0 Å². The Morgan fingerprint density at radius 2 is 2.10 bits per heavy atom. The molecule has 0 radical (unpaired) electrons. The first-order valence-electron chi connectivity index (χ1n) is 6.92. The van der Waals surface area contributed by atoms with E-state index in [1.165, 1.54) is 6.07 Å². The highest BCUT2D eigenvalue weighted by Gasteiger charge is 2.16. The van der Waals surface area contributed by atoms with Gasteiger partial charge >= 0.3 is 0 Å². The van der Waals surface area contributed by atoms with Crippen LogP contribution in [0.4, 0.5) is 4.39 Å². The fraction of sp³-hybridized carbons (Fsp3) is 0.467. The molecule has 1 heterocycles. The molecule has 0 bridgehead atoms. The van der Waals surface area contributed by atoms with E-state index >= 15 is 0 Å². The van der Waals surface area contributed by atoms with Crippen LogP contribution in [0.2, 0.25) is 0 Å². The number of nitrogens with zero attached hydrogens (tertiary/aromatic N) is 2. The van der Waals surface area contributed by atoms with Crippen molar-refractivity contribution in [2.24, 2.45) is 0 Å². The summed E-state index contributed by atoms with van der Waals surface area (Å²) in [6, 6.07) is 6.80. The minimum atomic E-state index is -0.186. The molecule has 0 fully saturated rings. The maximum Gasteiger partial charge on any atom is 0.236 e. The molecule has 0 amide bonds.